The standard InChI is InChI=1S/C14H31O15P3/c1-3-4-5-25-6-10-11(27-30(19,20)7-15)12(28-31(21,22)8-16)13(14(2,18)26-10)29-32(23,24)9-17/h10-13,15-18H,3-9H2,1-2H3,(H,19,20)(H,21,22)(H,23,24)/t10-,11-,12+,13+,14?/m1/s1/i5D/t5?,10-,11-,12+,13+,14?. The van der Waals surface area contributed by atoms with Gasteiger partial charge >= 0.3 is 22.8 Å². The molecule has 1 saturated heterocycles. The molecule has 18 heteroatoms. The lowest BCUT2D eigenvalue weighted by Gasteiger charge is -2.49. The highest BCUT2D eigenvalue weighted by Gasteiger charge is 2.58. The third-order valence-electron chi connectivity index (χ3n) is 4.08. The Morgan fingerprint density at radius 2 is 1.41 bits per heavy atom. The predicted molar refractivity (Wildman–Crippen MR) is 107 cm³/mol. The zero-order valence-electron chi connectivity index (χ0n) is 18.4. The first-order valence-electron chi connectivity index (χ1n) is 9.88. The Kier molecular flexibility index (Phi) is 10.9. The highest BCUT2D eigenvalue weighted by molar-refractivity contribution is 7.53. The van der Waals surface area contributed by atoms with E-state index in [1.165, 1.54) is 0 Å². The quantitative estimate of drug-likeness (QED) is 0.139. The van der Waals surface area contributed by atoms with Crippen LogP contribution >= 0.6 is 22.8 Å². The topological polar surface area (TPSA) is 239 Å². The lowest BCUT2D eigenvalue weighted by Crippen LogP contribution is -2.65. The summed E-state index contributed by atoms with van der Waals surface area (Å²) < 4.78 is 69.2. The van der Waals surface area contributed by atoms with Gasteiger partial charge in [-0.2, -0.15) is 0 Å². The predicted octanol–water partition coefficient (Wildman–Crippen LogP) is -0.528. The maximum atomic E-state index is 12.1. The zero-order chi connectivity index (χ0) is 25.7. The van der Waals surface area contributed by atoms with Gasteiger partial charge in [-0.3, -0.25) is 27.3 Å². The van der Waals surface area contributed by atoms with Gasteiger partial charge in [0.2, 0.25) is 0 Å². The van der Waals surface area contributed by atoms with Crippen molar-refractivity contribution in [3.63, 3.8) is 0 Å². The highest BCUT2D eigenvalue weighted by Crippen LogP contribution is 2.54. The number of rotatable bonds is 14. The Labute approximate surface area is 185 Å². The van der Waals surface area contributed by atoms with Crippen LogP contribution in [0.15, 0.2) is 0 Å². The van der Waals surface area contributed by atoms with E-state index in [2.05, 4.69) is 0 Å². The van der Waals surface area contributed by atoms with Crippen molar-refractivity contribution in [1.29, 1.82) is 0 Å². The largest absolute Gasteiger partial charge is 0.384 e. The molecular weight excluding hydrogens is 501 g/mol. The van der Waals surface area contributed by atoms with Gasteiger partial charge in [-0.25, -0.2) is 0 Å². The van der Waals surface area contributed by atoms with E-state index in [4.69, 9.17) is 39.7 Å². The summed E-state index contributed by atoms with van der Waals surface area (Å²) in [6, 6.07) is 0. The van der Waals surface area contributed by atoms with E-state index in [1.54, 1.807) is 6.92 Å². The van der Waals surface area contributed by atoms with Gasteiger partial charge in [-0.05, 0) is 13.3 Å². The van der Waals surface area contributed by atoms with Crippen LogP contribution in [0, 0.1) is 0 Å². The third-order valence-corrected chi connectivity index (χ3v) is 6.85. The lowest BCUT2D eigenvalue weighted by atomic mass is 9.93. The summed E-state index contributed by atoms with van der Waals surface area (Å²) in [6.07, 6.45) is -11.4. The van der Waals surface area contributed by atoms with Gasteiger partial charge in [0, 0.05) is 6.58 Å². The highest BCUT2D eigenvalue weighted by atomic mass is 31.2. The second-order valence-corrected chi connectivity index (χ2v) is 12.3. The minimum Gasteiger partial charge on any atom is -0.384 e. The molecule has 1 heterocycles. The third kappa shape index (κ3) is 9.10. The summed E-state index contributed by atoms with van der Waals surface area (Å²) in [7, 11) is -14.6. The first kappa shape index (κ1) is 28.4. The van der Waals surface area contributed by atoms with Gasteiger partial charge in [0.1, 0.15) is 43.5 Å². The van der Waals surface area contributed by atoms with Crippen molar-refractivity contribution in [3.8, 4) is 0 Å². The SMILES string of the molecule is [2H]C(CCC)OC[C@H]1OC(C)(O)[C@@H](OP(=O)(O)CO)[C@@H](OP(=O)(O)CO)[C@@H]1OP(=O)(O)CO. The van der Waals surface area contributed by atoms with Crippen molar-refractivity contribution in [2.24, 2.45) is 0 Å². The fourth-order valence-electron chi connectivity index (χ4n) is 2.68. The van der Waals surface area contributed by atoms with Gasteiger partial charge in [0.25, 0.3) is 0 Å². The van der Waals surface area contributed by atoms with E-state index in [0.29, 0.717) is 6.42 Å². The second kappa shape index (κ2) is 12.3. The van der Waals surface area contributed by atoms with Crippen LogP contribution < -0.4 is 0 Å². The molecule has 0 bridgehead atoms. The van der Waals surface area contributed by atoms with Crippen LogP contribution in [0.5, 0.6) is 0 Å². The molecule has 15 nitrogen and oxygen atoms in total. The molecule has 0 aromatic rings. The molecule has 0 aliphatic carbocycles. The molecule has 192 valence electrons. The molecule has 0 amide bonds. The number of aliphatic hydroxyl groups excluding tert-OH is 3. The summed E-state index contributed by atoms with van der Waals surface area (Å²) in [5.74, 6) is -2.61. The van der Waals surface area contributed by atoms with E-state index in [9.17, 15) is 33.5 Å². The first-order valence-corrected chi connectivity index (χ1v) is 14.6. The number of hydrogen-bond donors (Lipinski definition) is 7. The maximum absolute atomic E-state index is 12.1. The van der Waals surface area contributed by atoms with Crippen LogP contribution in [0.3, 0.4) is 0 Å². The van der Waals surface area contributed by atoms with Crippen LogP contribution in [0.25, 0.3) is 0 Å². The molecule has 0 spiro atoms. The maximum Gasteiger partial charge on any atom is 0.353 e. The van der Waals surface area contributed by atoms with Crippen molar-refractivity contribution in [2.75, 3.05) is 32.2 Å². The average Bonchev–Trinajstić information content (AvgIpc) is 2.71. The first-order chi connectivity index (χ1) is 15.0. The van der Waals surface area contributed by atoms with E-state index in [1.807, 2.05) is 0 Å². The van der Waals surface area contributed by atoms with Gasteiger partial charge in [-0.1, -0.05) is 13.3 Å². The van der Waals surface area contributed by atoms with Crippen LogP contribution in [0.4, 0.5) is 0 Å². The van der Waals surface area contributed by atoms with Crippen molar-refractivity contribution in [2.45, 2.75) is 56.9 Å². The van der Waals surface area contributed by atoms with Gasteiger partial charge in [0.05, 0.1) is 7.98 Å². The molecule has 1 aliphatic rings. The summed E-state index contributed by atoms with van der Waals surface area (Å²) in [6.45, 7) is 0.976. The minimum absolute atomic E-state index is 0.274. The zero-order valence-corrected chi connectivity index (χ0v) is 20.1. The van der Waals surface area contributed by atoms with Crippen LogP contribution in [-0.4, -0.2) is 97.5 Å². The van der Waals surface area contributed by atoms with Crippen LogP contribution in [-0.2, 0) is 36.7 Å². The fourth-order valence-corrected chi connectivity index (χ4v) is 4.80. The number of aliphatic hydroxyl groups is 4. The van der Waals surface area contributed by atoms with Crippen molar-refractivity contribution in [1.82, 2.24) is 0 Å². The smallest absolute Gasteiger partial charge is 0.353 e. The van der Waals surface area contributed by atoms with Gasteiger partial charge in [0.15, 0.2) is 5.79 Å². The van der Waals surface area contributed by atoms with Crippen LogP contribution in [0.1, 0.15) is 28.1 Å². The molecule has 5 unspecified atom stereocenters. The Hall–Kier alpha value is 0.210. The Morgan fingerprint density at radius 1 is 0.938 bits per heavy atom. The van der Waals surface area contributed by atoms with E-state index in [0.717, 1.165) is 6.92 Å². The summed E-state index contributed by atoms with van der Waals surface area (Å²) in [5, 5.41) is 38.1. The minimum atomic E-state index is -4.91. The molecule has 9 atom stereocenters. The average molecular weight is 533 g/mol. The molecule has 7 N–H and O–H groups in total. The molecule has 1 fully saturated rings. The summed E-state index contributed by atoms with van der Waals surface area (Å²) in [5.41, 5.74) is 0. The molecule has 0 radical (unpaired) electrons. The lowest BCUT2D eigenvalue weighted by molar-refractivity contribution is -0.332. The van der Waals surface area contributed by atoms with E-state index >= 15 is 0 Å². The monoisotopic (exact) mass is 533 g/mol. The number of hydrogen-bond acceptors (Lipinski definition) is 12. The second-order valence-electron chi connectivity index (χ2n) is 7.00. The van der Waals surface area contributed by atoms with Crippen LogP contribution in [0.2, 0.25) is 0 Å². The Bertz CT molecular complexity index is 766. The summed E-state index contributed by atoms with van der Waals surface area (Å²) >= 11 is 0. The molecule has 32 heavy (non-hydrogen) atoms. The molecule has 0 saturated carbocycles. The molecule has 1 rings (SSSR count). The molecular formula is C14H31O15P3. The van der Waals surface area contributed by atoms with Gasteiger partial charge in [-0.15, -0.1) is 0 Å². The fraction of sp³-hybridized carbons (Fsp3) is 1.00. The normalized spacial score (nSPS) is 35.8. The Balaban J connectivity index is 3.49. The summed E-state index contributed by atoms with van der Waals surface area (Å²) in [4.78, 5) is 29.3. The van der Waals surface area contributed by atoms with E-state index in [-0.39, 0.29) is 6.42 Å². The van der Waals surface area contributed by atoms with Crippen molar-refractivity contribution < 1.29 is 73.2 Å². The van der Waals surface area contributed by atoms with E-state index < -0.39 is 85.2 Å². The van der Waals surface area contributed by atoms with Gasteiger partial charge < -0.3 is 44.6 Å². The molecule has 1 aliphatic heterocycles. The van der Waals surface area contributed by atoms with Crippen molar-refractivity contribution >= 4 is 22.8 Å². The molecule has 0 aromatic heterocycles. The van der Waals surface area contributed by atoms with Crippen molar-refractivity contribution in [3.05, 3.63) is 0 Å². The Morgan fingerprint density at radius 3 is 1.88 bits per heavy atom. The molecule has 0 aromatic carbocycles. The number of ether oxygens (including phenoxy) is 2.